The Kier molecular flexibility index (Phi) is 4.18. The van der Waals surface area contributed by atoms with Crippen LogP contribution in [0.5, 0.6) is 0 Å². The lowest BCUT2D eigenvalue weighted by atomic mass is 9.90. The summed E-state index contributed by atoms with van der Waals surface area (Å²) in [5.74, 6) is -0.0943. The lowest BCUT2D eigenvalue weighted by Gasteiger charge is -2.33. The molecule has 0 atom stereocenters. The largest absolute Gasteiger partial charge is 0.465 e. The number of aromatic amines is 1. The fourth-order valence-corrected chi connectivity index (χ4v) is 3.12. The van der Waals surface area contributed by atoms with Crippen molar-refractivity contribution in [3.63, 3.8) is 0 Å². The standard InChI is InChI=1S/C16H20N4O3/c1-20(16(22)23)13-5-3-12(4-6-13)18-15(21)10-2-7-14-11(8-10)9-17-19-14/h2,7-9,12-13H,3-6H2,1H3,(H,17,19)(H,18,21)(H,22,23). The van der Waals surface area contributed by atoms with E-state index in [1.54, 1.807) is 19.3 Å². The number of nitrogens with one attached hydrogen (secondary N) is 2. The molecule has 1 heterocycles. The fourth-order valence-electron chi connectivity index (χ4n) is 3.12. The van der Waals surface area contributed by atoms with Crippen molar-refractivity contribution in [1.82, 2.24) is 20.4 Å². The summed E-state index contributed by atoms with van der Waals surface area (Å²) < 4.78 is 0. The van der Waals surface area contributed by atoms with Crippen molar-refractivity contribution in [1.29, 1.82) is 0 Å². The van der Waals surface area contributed by atoms with E-state index in [0.29, 0.717) is 5.56 Å². The first-order chi connectivity index (χ1) is 11.0. The smallest absolute Gasteiger partial charge is 0.407 e. The van der Waals surface area contributed by atoms with Gasteiger partial charge in [-0.15, -0.1) is 0 Å². The number of hydrogen-bond acceptors (Lipinski definition) is 3. The van der Waals surface area contributed by atoms with Gasteiger partial charge < -0.3 is 15.3 Å². The van der Waals surface area contributed by atoms with Crippen LogP contribution >= 0.6 is 0 Å². The minimum absolute atomic E-state index is 0.0444. The third kappa shape index (κ3) is 3.28. The molecule has 3 rings (SSSR count). The molecule has 1 aliphatic rings. The van der Waals surface area contributed by atoms with E-state index in [2.05, 4.69) is 15.5 Å². The molecule has 3 N–H and O–H groups in total. The van der Waals surface area contributed by atoms with Crippen molar-refractivity contribution in [3.05, 3.63) is 30.0 Å². The van der Waals surface area contributed by atoms with Gasteiger partial charge in [0.2, 0.25) is 0 Å². The summed E-state index contributed by atoms with van der Waals surface area (Å²) in [4.78, 5) is 24.7. The van der Waals surface area contributed by atoms with E-state index in [4.69, 9.17) is 5.11 Å². The molecule has 0 unspecified atom stereocenters. The Bertz CT molecular complexity index is 719. The molecule has 1 saturated carbocycles. The molecule has 1 aliphatic carbocycles. The molecule has 23 heavy (non-hydrogen) atoms. The van der Waals surface area contributed by atoms with E-state index in [1.165, 1.54) is 4.90 Å². The molecule has 0 saturated heterocycles. The van der Waals surface area contributed by atoms with Gasteiger partial charge in [-0.1, -0.05) is 0 Å². The highest BCUT2D eigenvalue weighted by molar-refractivity contribution is 5.98. The number of carbonyl (C=O) groups excluding carboxylic acids is 1. The van der Waals surface area contributed by atoms with Crippen LogP contribution in [0, 0.1) is 0 Å². The van der Waals surface area contributed by atoms with Crippen LogP contribution in [-0.4, -0.2) is 51.3 Å². The quantitative estimate of drug-likeness (QED) is 0.808. The molecule has 7 nitrogen and oxygen atoms in total. The summed E-state index contributed by atoms with van der Waals surface area (Å²) in [6, 6.07) is 5.58. The Morgan fingerprint density at radius 2 is 2.04 bits per heavy atom. The van der Waals surface area contributed by atoms with Crippen LogP contribution in [0.4, 0.5) is 4.79 Å². The summed E-state index contributed by atoms with van der Waals surface area (Å²) >= 11 is 0. The molecule has 2 amide bonds. The Labute approximate surface area is 133 Å². The summed E-state index contributed by atoms with van der Waals surface area (Å²) in [6.07, 6.45) is 3.93. The molecular weight excluding hydrogens is 296 g/mol. The third-order valence-corrected chi connectivity index (χ3v) is 4.58. The number of benzene rings is 1. The van der Waals surface area contributed by atoms with Gasteiger partial charge in [-0.2, -0.15) is 5.10 Å². The van der Waals surface area contributed by atoms with E-state index < -0.39 is 6.09 Å². The Balaban J connectivity index is 1.57. The number of nitrogens with zero attached hydrogens (tertiary/aromatic N) is 2. The van der Waals surface area contributed by atoms with Gasteiger partial charge in [-0.05, 0) is 43.9 Å². The van der Waals surface area contributed by atoms with E-state index in [1.807, 2.05) is 12.1 Å². The average molecular weight is 316 g/mol. The Morgan fingerprint density at radius 3 is 2.74 bits per heavy atom. The van der Waals surface area contributed by atoms with E-state index in [-0.39, 0.29) is 18.0 Å². The maximum absolute atomic E-state index is 12.4. The van der Waals surface area contributed by atoms with Crippen molar-refractivity contribution < 1.29 is 14.7 Å². The minimum atomic E-state index is -0.897. The van der Waals surface area contributed by atoms with E-state index in [0.717, 1.165) is 36.6 Å². The second kappa shape index (κ2) is 6.28. The van der Waals surface area contributed by atoms with Gasteiger partial charge >= 0.3 is 6.09 Å². The van der Waals surface area contributed by atoms with Crippen LogP contribution in [-0.2, 0) is 0 Å². The van der Waals surface area contributed by atoms with Crippen molar-refractivity contribution in [3.8, 4) is 0 Å². The first-order valence-corrected chi connectivity index (χ1v) is 7.74. The molecule has 7 heteroatoms. The zero-order chi connectivity index (χ0) is 16.4. The Morgan fingerprint density at radius 1 is 1.30 bits per heavy atom. The molecule has 0 spiro atoms. The molecular formula is C16H20N4O3. The number of rotatable bonds is 3. The zero-order valence-corrected chi connectivity index (χ0v) is 13.0. The summed E-state index contributed by atoms with van der Waals surface area (Å²) in [6.45, 7) is 0. The molecule has 0 bridgehead atoms. The van der Waals surface area contributed by atoms with Gasteiger partial charge in [0.1, 0.15) is 0 Å². The minimum Gasteiger partial charge on any atom is -0.465 e. The SMILES string of the molecule is CN(C(=O)O)C1CCC(NC(=O)c2ccc3[nH]ncc3c2)CC1. The normalized spacial score (nSPS) is 21.1. The number of carboxylic acid groups (broad SMARTS) is 1. The molecule has 0 radical (unpaired) electrons. The number of H-pyrrole nitrogens is 1. The maximum atomic E-state index is 12.4. The number of hydrogen-bond donors (Lipinski definition) is 3. The third-order valence-electron chi connectivity index (χ3n) is 4.58. The number of aromatic nitrogens is 2. The van der Waals surface area contributed by atoms with Crippen LogP contribution in [0.15, 0.2) is 24.4 Å². The van der Waals surface area contributed by atoms with Crippen molar-refractivity contribution in [2.75, 3.05) is 7.05 Å². The molecule has 0 aliphatic heterocycles. The van der Waals surface area contributed by atoms with Crippen LogP contribution in [0.1, 0.15) is 36.0 Å². The van der Waals surface area contributed by atoms with Crippen LogP contribution in [0.2, 0.25) is 0 Å². The predicted molar refractivity (Wildman–Crippen MR) is 85.4 cm³/mol. The topological polar surface area (TPSA) is 98.3 Å². The second-order valence-electron chi connectivity index (χ2n) is 6.04. The van der Waals surface area contributed by atoms with Crippen molar-refractivity contribution >= 4 is 22.9 Å². The number of carbonyl (C=O) groups is 2. The van der Waals surface area contributed by atoms with Crippen molar-refractivity contribution in [2.24, 2.45) is 0 Å². The first kappa shape index (κ1) is 15.3. The fraction of sp³-hybridized carbons (Fsp3) is 0.438. The number of amides is 2. The van der Waals surface area contributed by atoms with Crippen LogP contribution < -0.4 is 5.32 Å². The lowest BCUT2D eigenvalue weighted by molar-refractivity contribution is 0.0901. The monoisotopic (exact) mass is 316 g/mol. The van der Waals surface area contributed by atoms with Gasteiger partial charge in [0, 0.05) is 30.1 Å². The molecule has 1 fully saturated rings. The van der Waals surface area contributed by atoms with Crippen molar-refractivity contribution in [2.45, 2.75) is 37.8 Å². The highest BCUT2D eigenvalue weighted by atomic mass is 16.4. The summed E-state index contributed by atoms with van der Waals surface area (Å²) in [5, 5.41) is 19.8. The van der Waals surface area contributed by atoms with E-state index in [9.17, 15) is 9.59 Å². The Hall–Kier alpha value is -2.57. The number of fused-ring (bicyclic) bond motifs is 1. The maximum Gasteiger partial charge on any atom is 0.407 e. The second-order valence-corrected chi connectivity index (χ2v) is 6.04. The molecule has 1 aromatic carbocycles. The van der Waals surface area contributed by atoms with Gasteiger partial charge in [-0.3, -0.25) is 9.89 Å². The van der Waals surface area contributed by atoms with E-state index >= 15 is 0 Å². The molecule has 1 aromatic heterocycles. The average Bonchev–Trinajstić information content (AvgIpc) is 3.02. The zero-order valence-electron chi connectivity index (χ0n) is 13.0. The highest BCUT2D eigenvalue weighted by Gasteiger charge is 2.27. The van der Waals surface area contributed by atoms with Gasteiger partial charge in [0.05, 0.1) is 11.7 Å². The first-order valence-electron chi connectivity index (χ1n) is 7.74. The van der Waals surface area contributed by atoms with Gasteiger partial charge in [0.15, 0.2) is 0 Å². The summed E-state index contributed by atoms with van der Waals surface area (Å²) in [7, 11) is 1.60. The van der Waals surface area contributed by atoms with Gasteiger partial charge in [0.25, 0.3) is 5.91 Å². The van der Waals surface area contributed by atoms with Crippen LogP contribution in [0.25, 0.3) is 10.9 Å². The summed E-state index contributed by atoms with van der Waals surface area (Å²) in [5.41, 5.74) is 1.52. The highest BCUT2D eigenvalue weighted by Crippen LogP contribution is 2.23. The lowest BCUT2D eigenvalue weighted by Crippen LogP contribution is -2.44. The molecule has 122 valence electrons. The predicted octanol–water partition coefficient (Wildman–Crippen LogP) is 2.21. The van der Waals surface area contributed by atoms with Crippen LogP contribution in [0.3, 0.4) is 0 Å². The van der Waals surface area contributed by atoms with Gasteiger partial charge in [-0.25, -0.2) is 4.79 Å². The molecule has 2 aromatic rings.